The Morgan fingerprint density at radius 3 is 2.46 bits per heavy atom. The van der Waals surface area contributed by atoms with Gasteiger partial charge in [-0.3, -0.25) is 4.68 Å². The van der Waals surface area contributed by atoms with Crippen LogP contribution in [0.2, 0.25) is 0 Å². The van der Waals surface area contributed by atoms with Crippen molar-refractivity contribution in [2.75, 3.05) is 6.54 Å². The van der Waals surface area contributed by atoms with Gasteiger partial charge < -0.3 is 0 Å². The predicted octanol–water partition coefficient (Wildman–Crippen LogP) is 3.30. The molecule has 8 heteroatoms. The van der Waals surface area contributed by atoms with Crippen LogP contribution in [0.25, 0.3) is 10.4 Å². The van der Waals surface area contributed by atoms with Gasteiger partial charge in [-0.15, -0.1) is 11.3 Å². The molecule has 1 N–H and O–H groups in total. The van der Waals surface area contributed by atoms with Crippen molar-refractivity contribution in [3.05, 3.63) is 53.6 Å². The molecule has 1 aromatic carbocycles. The summed E-state index contributed by atoms with van der Waals surface area (Å²) >= 11 is 1.28. The molecule has 3 aromatic rings. The fourth-order valence-corrected chi connectivity index (χ4v) is 5.05. The van der Waals surface area contributed by atoms with Gasteiger partial charge in [0.25, 0.3) is 0 Å². The lowest BCUT2D eigenvalue weighted by Gasteiger charge is -2.06. The first-order valence-corrected chi connectivity index (χ1v) is 10.7. The van der Waals surface area contributed by atoms with Crippen molar-refractivity contribution in [3.8, 4) is 10.4 Å². The van der Waals surface area contributed by atoms with E-state index < -0.39 is 10.0 Å². The number of hydrogen-bond acceptors (Lipinski definition) is 5. The van der Waals surface area contributed by atoms with Crippen LogP contribution < -0.4 is 4.72 Å². The Kier molecular flexibility index (Phi) is 5.55. The van der Waals surface area contributed by atoms with Gasteiger partial charge in [-0.25, -0.2) is 18.1 Å². The fraction of sp³-hybridized carbons (Fsp3) is 0.333. The third-order valence-corrected chi connectivity index (χ3v) is 7.07. The van der Waals surface area contributed by atoms with E-state index in [2.05, 4.69) is 14.8 Å². The van der Waals surface area contributed by atoms with E-state index in [1.165, 1.54) is 16.9 Å². The molecule has 0 atom stereocenters. The quantitative estimate of drug-likeness (QED) is 0.628. The van der Waals surface area contributed by atoms with E-state index in [1.54, 1.807) is 10.7 Å². The average molecular weight is 391 g/mol. The van der Waals surface area contributed by atoms with Crippen LogP contribution in [0.1, 0.15) is 23.6 Å². The first-order chi connectivity index (χ1) is 12.3. The van der Waals surface area contributed by atoms with Crippen LogP contribution in [0.3, 0.4) is 0 Å². The Morgan fingerprint density at radius 1 is 1.08 bits per heavy atom. The number of nitrogens with zero attached hydrogens (tertiary/aromatic N) is 3. The zero-order valence-corrected chi connectivity index (χ0v) is 16.7. The highest BCUT2D eigenvalue weighted by atomic mass is 32.2. The van der Waals surface area contributed by atoms with Gasteiger partial charge in [-0.05, 0) is 44.9 Å². The molecule has 6 nitrogen and oxygen atoms in total. The molecule has 0 saturated carbocycles. The summed E-state index contributed by atoms with van der Waals surface area (Å²) in [5.74, 6) is 1.57. The van der Waals surface area contributed by atoms with E-state index in [0.717, 1.165) is 22.1 Å². The van der Waals surface area contributed by atoms with Crippen LogP contribution >= 0.6 is 11.3 Å². The zero-order chi connectivity index (χ0) is 18.7. The Labute approximate surface area is 158 Å². The Bertz CT molecular complexity index is 989. The fourth-order valence-electron chi connectivity index (χ4n) is 2.62. The SMILES string of the molecule is Cc1ccc(-c2ccc(S(=O)(=O)NCCCn3nc(C)nc3C)s2)cc1. The van der Waals surface area contributed by atoms with Crippen molar-refractivity contribution in [1.82, 2.24) is 19.5 Å². The lowest BCUT2D eigenvalue weighted by molar-refractivity contribution is 0.543. The second-order valence-electron chi connectivity index (χ2n) is 6.17. The van der Waals surface area contributed by atoms with Gasteiger partial charge >= 0.3 is 0 Å². The van der Waals surface area contributed by atoms with Crippen molar-refractivity contribution in [2.45, 2.75) is 37.9 Å². The molecule has 0 aliphatic rings. The lowest BCUT2D eigenvalue weighted by atomic mass is 10.1. The molecular formula is C18H22N4O2S2. The number of rotatable bonds is 7. The number of sulfonamides is 1. The molecule has 2 aromatic heterocycles. The van der Waals surface area contributed by atoms with Gasteiger partial charge in [0.15, 0.2) is 0 Å². The Balaban J connectivity index is 1.60. The van der Waals surface area contributed by atoms with Crippen molar-refractivity contribution >= 4 is 21.4 Å². The zero-order valence-electron chi connectivity index (χ0n) is 15.1. The Hall–Kier alpha value is -2.03. The summed E-state index contributed by atoms with van der Waals surface area (Å²) in [6.07, 6.45) is 0.652. The summed E-state index contributed by atoms with van der Waals surface area (Å²) in [7, 11) is -3.49. The van der Waals surface area contributed by atoms with Crippen molar-refractivity contribution in [3.63, 3.8) is 0 Å². The molecule has 138 valence electrons. The highest BCUT2D eigenvalue weighted by molar-refractivity contribution is 7.91. The highest BCUT2D eigenvalue weighted by Gasteiger charge is 2.17. The van der Waals surface area contributed by atoms with Crippen molar-refractivity contribution < 1.29 is 8.42 Å². The smallest absolute Gasteiger partial charge is 0.250 e. The van der Waals surface area contributed by atoms with Crippen molar-refractivity contribution in [1.29, 1.82) is 0 Å². The average Bonchev–Trinajstić information content (AvgIpc) is 3.20. The second kappa shape index (κ2) is 7.69. The summed E-state index contributed by atoms with van der Waals surface area (Å²) in [6, 6.07) is 11.6. The first kappa shape index (κ1) is 18.8. The van der Waals surface area contributed by atoms with E-state index in [-0.39, 0.29) is 0 Å². The van der Waals surface area contributed by atoms with E-state index in [9.17, 15) is 8.42 Å². The molecule has 0 radical (unpaired) electrons. The molecule has 0 unspecified atom stereocenters. The number of aromatic nitrogens is 3. The molecule has 0 fully saturated rings. The Morgan fingerprint density at radius 2 is 1.81 bits per heavy atom. The van der Waals surface area contributed by atoms with Gasteiger partial charge in [0.05, 0.1) is 0 Å². The molecule has 0 saturated heterocycles. The largest absolute Gasteiger partial charge is 0.250 e. The van der Waals surface area contributed by atoms with Gasteiger partial charge in [-0.1, -0.05) is 29.8 Å². The lowest BCUT2D eigenvalue weighted by Crippen LogP contribution is -2.25. The maximum absolute atomic E-state index is 12.5. The number of hydrogen-bond donors (Lipinski definition) is 1. The molecule has 0 aliphatic carbocycles. The molecular weight excluding hydrogens is 368 g/mol. The summed E-state index contributed by atoms with van der Waals surface area (Å²) < 4.78 is 29.8. The molecule has 0 spiro atoms. The molecule has 2 heterocycles. The van der Waals surface area contributed by atoms with Gasteiger partial charge in [0.1, 0.15) is 15.9 Å². The van der Waals surface area contributed by atoms with E-state index in [0.29, 0.717) is 23.7 Å². The monoisotopic (exact) mass is 390 g/mol. The number of thiophene rings is 1. The third kappa shape index (κ3) is 4.38. The van der Waals surface area contributed by atoms with E-state index in [4.69, 9.17) is 0 Å². The summed E-state index contributed by atoms with van der Waals surface area (Å²) in [4.78, 5) is 5.18. The minimum atomic E-state index is -3.49. The predicted molar refractivity (Wildman–Crippen MR) is 104 cm³/mol. The number of nitrogens with one attached hydrogen (secondary N) is 1. The molecule has 0 amide bonds. The van der Waals surface area contributed by atoms with E-state index in [1.807, 2.05) is 51.1 Å². The van der Waals surface area contributed by atoms with Gasteiger partial charge in [0.2, 0.25) is 10.0 Å². The van der Waals surface area contributed by atoms with Crippen molar-refractivity contribution in [2.24, 2.45) is 0 Å². The minimum Gasteiger partial charge on any atom is -0.250 e. The summed E-state index contributed by atoms with van der Waals surface area (Å²) in [5, 5.41) is 4.28. The third-order valence-electron chi connectivity index (χ3n) is 3.98. The van der Waals surface area contributed by atoms with Crippen LogP contribution in [0.15, 0.2) is 40.6 Å². The first-order valence-electron chi connectivity index (χ1n) is 8.40. The normalized spacial score (nSPS) is 11.8. The minimum absolute atomic E-state index is 0.334. The topological polar surface area (TPSA) is 76.9 Å². The van der Waals surface area contributed by atoms with Gasteiger partial charge in [-0.2, -0.15) is 5.10 Å². The standard InChI is InChI=1S/C18H22N4O2S2/c1-13-5-7-16(8-6-13)17-9-10-18(25-17)26(23,24)19-11-4-12-22-15(3)20-14(2)21-22/h5-10,19H,4,11-12H2,1-3H3. The maximum atomic E-state index is 12.5. The molecule has 0 aliphatic heterocycles. The highest BCUT2D eigenvalue weighted by Crippen LogP contribution is 2.30. The van der Waals surface area contributed by atoms with E-state index >= 15 is 0 Å². The number of aryl methyl sites for hydroxylation is 4. The second-order valence-corrected chi connectivity index (χ2v) is 9.24. The van der Waals surface area contributed by atoms with Crippen LogP contribution in [0.5, 0.6) is 0 Å². The van der Waals surface area contributed by atoms with Crippen LogP contribution in [-0.4, -0.2) is 29.7 Å². The maximum Gasteiger partial charge on any atom is 0.250 e. The summed E-state index contributed by atoms with van der Waals surface area (Å²) in [6.45, 7) is 6.75. The van der Waals surface area contributed by atoms with Crippen LogP contribution in [0, 0.1) is 20.8 Å². The number of benzene rings is 1. The van der Waals surface area contributed by atoms with Crippen LogP contribution in [-0.2, 0) is 16.6 Å². The molecule has 26 heavy (non-hydrogen) atoms. The molecule has 3 rings (SSSR count). The molecule has 0 bridgehead atoms. The summed E-state index contributed by atoms with van der Waals surface area (Å²) in [5.41, 5.74) is 2.21. The van der Waals surface area contributed by atoms with Crippen LogP contribution in [0.4, 0.5) is 0 Å². The van der Waals surface area contributed by atoms with Gasteiger partial charge in [0, 0.05) is 18.0 Å².